The van der Waals surface area contributed by atoms with Gasteiger partial charge in [0.05, 0.1) is 16.7 Å². The first-order valence-corrected chi connectivity index (χ1v) is 9.33. The van der Waals surface area contributed by atoms with Crippen molar-refractivity contribution >= 4 is 17.5 Å². The van der Waals surface area contributed by atoms with Crippen molar-refractivity contribution in [2.45, 2.75) is 51.2 Å². The quantitative estimate of drug-likeness (QED) is 0.889. The molecule has 0 unspecified atom stereocenters. The lowest BCUT2D eigenvalue weighted by Crippen LogP contribution is -2.63. The maximum absolute atomic E-state index is 14.1. The number of halogens is 2. The Morgan fingerprint density at radius 3 is 2.79 bits per heavy atom. The minimum atomic E-state index is -0.556. The molecule has 1 aromatic rings. The monoisotopic (exact) mass is 351 g/mol. The number of hydrogen-bond donors (Lipinski definition) is 1. The predicted octanol–water partition coefficient (Wildman–Crippen LogP) is 4.11. The summed E-state index contributed by atoms with van der Waals surface area (Å²) in [6.07, 6.45) is 6.20. The van der Waals surface area contributed by atoms with Crippen molar-refractivity contribution in [3.8, 4) is 0 Å². The first kappa shape index (κ1) is 16.3. The van der Waals surface area contributed by atoms with Gasteiger partial charge in [-0.2, -0.15) is 0 Å². The van der Waals surface area contributed by atoms with E-state index in [0.29, 0.717) is 23.3 Å². The van der Waals surface area contributed by atoms with Gasteiger partial charge in [-0.1, -0.05) is 43.4 Å². The highest BCUT2D eigenvalue weighted by Crippen LogP contribution is 2.51. The molecule has 2 saturated carbocycles. The zero-order chi connectivity index (χ0) is 16.8. The molecule has 0 bridgehead atoms. The molecular weight excluding hydrogens is 329 g/mol. The van der Waals surface area contributed by atoms with Crippen LogP contribution < -0.4 is 5.32 Å². The zero-order valence-electron chi connectivity index (χ0n) is 13.9. The minimum absolute atomic E-state index is 0.0239. The van der Waals surface area contributed by atoms with Crippen molar-refractivity contribution < 1.29 is 13.9 Å². The van der Waals surface area contributed by atoms with Crippen LogP contribution in [0.2, 0.25) is 5.02 Å². The van der Waals surface area contributed by atoms with Gasteiger partial charge in [0.15, 0.2) is 0 Å². The van der Waals surface area contributed by atoms with Gasteiger partial charge >= 0.3 is 0 Å². The summed E-state index contributed by atoms with van der Waals surface area (Å²) >= 11 is 6.19. The summed E-state index contributed by atoms with van der Waals surface area (Å²) in [7, 11) is 0. The number of benzene rings is 1. The van der Waals surface area contributed by atoms with E-state index in [-0.39, 0.29) is 28.6 Å². The van der Waals surface area contributed by atoms with E-state index < -0.39 is 5.82 Å². The SMILES string of the molecule is Cc1ccc(F)c(C(=O)N[C@@H]2[C@@H]3CCO[C@@H]3[C@@H]2C2CCCC2)c1Cl. The Morgan fingerprint density at radius 2 is 2.04 bits per heavy atom. The maximum Gasteiger partial charge on any atom is 0.256 e. The molecule has 1 amide bonds. The van der Waals surface area contributed by atoms with E-state index in [0.717, 1.165) is 13.0 Å². The molecule has 1 N–H and O–H groups in total. The molecule has 4 atom stereocenters. The van der Waals surface area contributed by atoms with Gasteiger partial charge in [-0.15, -0.1) is 0 Å². The fraction of sp³-hybridized carbons (Fsp3) is 0.632. The standard InChI is InChI=1S/C19H23ClFNO2/c1-10-6-7-13(21)15(16(10)20)19(23)22-17-12-8-9-24-18(12)14(17)11-4-2-3-5-11/h6-7,11-12,14,17-18H,2-5,8-9H2,1H3,(H,22,23)/t12-,14+,17+,18-/m0/s1. The summed E-state index contributed by atoms with van der Waals surface area (Å²) < 4.78 is 20.1. The highest BCUT2D eigenvalue weighted by Gasteiger charge is 2.57. The van der Waals surface area contributed by atoms with Gasteiger partial charge in [-0.05, 0) is 30.9 Å². The molecule has 4 rings (SSSR count). The number of fused-ring (bicyclic) bond motifs is 1. The number of carbonyl (C=O) groups is 1. The Morgan fingerprint density at radius 1 is 1.29 bits per heavy atom. The average Bonchev–Trinajstić information content (AvgIpc) is 3.20. The second-order valence-electron chi connectivity index (χ2n) is 7.46. The van der Waals surface area contributed by atoms with E-state index in [1.54, 1.807) is 13.0 Å². The van der Waals surface area contributed by atoms with E-state index in [4.69, 9.17) is 16.3 Å². The highest BCUT2D eigenvalue weighted by molar-refractivity contribution is 6.34. The molecule has 1 saturated heterocycles. The molecular formula is C19H23ClFNO2. The molecule has 5 heteroatoms. The molecule has 130 valence electrons. The zero-order valence-corrected chi connectivity index (χ0v) is 14.6. The minimum Gasteiger partial charge on any atom is -0.377 e. The van der Waals surface area contributed by atoms with Crippen LogP contribution in [0.4, 0.5) is 4.39 Å². The first-order chi connectivity index (χ1) is 11.6. The van der Waals surface area contributed by atoms with Gasteiger partial charge in [0, 0.05) is 24.5 Å². The van der Waals surface area contributed by atoms with Gasteiger partial charge in [0.1, 0.15) is 5.82 Å². The van der Waals surface area contributed by atoms with Gasteiger partial charge in [-0.25, -0.2) is 4.39 Å². The van der Waals surface area contributed by atoms with Crippen LogP contribution in [0.15, 0.2) is 12.1 Å². The summed E-state index contributed by atoms with van der Waals surface area (Å²) in [6, 6.07) is 3.00. The molecule has 2 aliphatic carbocycles. The van der Waals surface area contributed by atoms with Crippen molar-refractivity contribution in [1.29, 1.82) is 0 Å². The van der Waals surface area contributed by atoms with Gasteiger partial charge in [-0.3, -0.25) is 4.79 Å². The molecule has 3 aliphatic rings. The lowest BCUT2D eigenvalue weighted by molar-refractivity contribution is -0.0784. The van der Waals surface area contributed by atoms with E-state index in [2.05, 4.69) is 5.32 Å². The normalized spacial score (nSPS) is 32.5. The first-order valence-electron chi connectivity index (χ1n) is 8.95. The molecule has 0 spiro atoms. The van der Waals surface area contributed by atoms with Crippen LogP contribution >= 0.6 is 11.6 Å². The third kappa shape index (κ3) is 2.55. The van der Waals surface area contributed by atoms with E-state index in [1.165, 1.54) is 31.7 Å². The predicted molar refractivity (Wildman–Crippen MR) is 90.7 cm³/mol. The van der Waals surface area contributed by atoms with Crippen molar-refractivity contribution in [1.82, 2.24) is 5.32 Å². The largest absolute Gasteiger partial charge is 0.377 e. The lowest BCUT2D eigenvalue weighted by Gasteiger charge is -2.50. The Kier molecular flexibility index (Phi) is 4.29. The number of amides is 1. The molecule has 24 heavy (non-hydrogen) atoms. The fourth-order valence-electron chi connectivity index (χ4n) is 4.95. The van der Waals surface area contributed by atoms with Crippen molar-refractivity contribution in [3.63, 3.8) is 0 Å². The molecule has 1 aromatic carbocycles. The van der Waals surface area contributed by atoms with Gasteiger partial charge in [0.2, 0.25) is 0 Å². The molecule has 3 nitrogen and oxygen atoms in total. The van der Waals surface area contributed by atoms with Crippen LogP contribution in [-0.2, 0) is 4.74 Å². The number of rotatable bonds is 3. The summed E-state index contributed by atoms with van der Waals surface area (Å²) in [4.78, 5) is 12.7. The van der Waals surface area contributed by atoms with Gasteiger partial charge in [0.25, 0.3) is 5.91 Å². The maximum atomic E-state index is 14.1. The third-order valence-electron chi connectivity index (χ3n) is 6.19. The Balaban J connectivity index is 1.55. The fourth-order valence-corrected chi connectivity index (χ4v) is 5.19. The summed E-state index contributed by atoms with van der Waals surface area (Å²) in [5.41, 5.74) is 0.690. The molecule has 0 aromatic heterocycles. The number of carbonyl (C=O) groups excluding carboxylic acids is 1. The lowest BCUT2D eigenvalue weighted by atomic mass is 9.61. The van der Waals surface area contributed by atoms with Crippen LogP contribution in [0.25, 0.3) is 0 Å². The van der Waals surface area contributed by atoms with E-state index >= 15 is 0 Å². The number of nitrogens with one attached hydrogen (secondary N) is 1. The van der Waals surface area contributed by atoms with Crippen LogP contribution in [0, 0.1) is 30.5 Å². The highest BCUT2D eigenvalue weighted by atomic mass is 35.5. The number of hydrogen-bond acceptors (Lipinski definition) is 2. The number of ether oxygens (including phenoxy) is 1. The number of aryl methyl sites for hydroxylation is 1. The van der Waals surface area contributed by atoms with Crippen LogP contribution in [0.1, 0.15) is 48.0 Å². The van der Waals surface area contributed by atoms with Crippen molar-refractivity contribution in [3.05, 3.63) is 34.1 Å². The smallest absolute Gasteiger partial charge is 0.256 e. The summed E-state index contributed by atoms with van der Waals surface area (Å²) in [5, 5.41) is 3.31. The second kappa shape index (κ2) is 6.30. The molecule has 1 heterocycles. The van der Waals surface area contributed by atoms with E-state index in [9.17, 15) is 9.18 Å². The van der Waals surface area contributed by atoms with Crippen molar-refractivity contribution in [2.24, 2.45) is 17.8 Å². The molecule has 1 aliphatic heterocycles. The van der Waals surface area contributed by atoms with Crippen LogP contribution in [-0.4, -0.2) is 24.7 Å². The van der Waals surface area contributed by atoms with E-state index in [1.807, 2.05) is 0 Å². The molecule has 0 radical (unpaired) electrons. The summed E-state index contributed by atoms with van der Waals surface area (Å²) in [6.45, 7) is 2.55. The second-order valence-corrected chi connectivity index (χ2v) is 7.84. The third-order valence-corrected chi connectivity index (χ3v) is 6.68. The Labute approximate surface area is 146 Å². The summed E-state index contributed by atoms with van der Waals surface area (Å²) in [5.74, 6) is 0.410. The van der Waals surface area contributed by atoms with Gasteiger partial charge < -0.3 is 10.1 Å². The molecule has 3 fully saturated rings. The Hall–Kier alpha value is -1.13. The average molecular weight is 352 g/mol. The Bertz CT molecular complexity index is 654. The van der Waals surface area contributed by atoms with Crippen LogP contribution in [0.5, 0.6) is 0 Å². The van der Waals surface area contributed by atoms with Crippen molar-refractivity contribution in [2.75, 3.05) is 6.61 Å². The topological polar surface area (TPSA) is 38.3 Å². The van der Waals surface area contributed by atoms with Crippen LogP contribution in [0.3, 0.4) is 0 Å².